The number of likely N-dealkylation sites (N-methyl/N-ethyl adjacent to an activating group) is 1. The predicted molar refractivity (Wildman–Crippen MR) is 64.0 cm³/mol. The van der Waals surface area contributed by atoms with E-state index in [0.717, 1.165) is 0 Å². The van der Waals surface area contributed by atoms with Crippen LogP contribution in [0.4, 0.5) is 15.8 Å². The molecule has 5 nitrogen and oxygen atoms in total. The van der Waals surface area contributed by atoms with E-state index in [1.165, 1.54) is 21.9 Å². The summed E-state index contributed by atoms with van der Waals surface area (Å²) < 4.78 is 13.3. The molecule has 2 aliphatic heterocycles. The van der Waals surface area contributed by atoms with Gasteiger partial charge < -0.3 is 10.2 Å². The topological polar surface area (TPSA) is 52.7 Å². The van der Waals surface area contributed by atoms with E-state index in [-0.39, 0.29) is 18.4 Å². The summed E-state index contributed by atoms with van der Waals surface area (Å²) in [7, 11) is 1.59. The molecule has 1 aromatic rings. The molecular weight excluding hydrogens is 237 g/mol. The Bertz CT molecular complexity index is 546. The van der Waals surface area contributed by atoms with Crippen LogP contribution >= 0.6 is 0 Å². The van der Waals surface area contributed by atoms with E-state index in [1.807, 2.05) is 0 Å². The number of rotatable bonds is 0. The van der Waals surface area contributed by atoms with Crippen LogP contribution < -0.4 is 15.1 Å². The van der Waals surface area contributed by atoms with Crippen molar-refractivity contribution in [2.45, 2.75) is 6.04 Å². The molecule has 1 fully saturated rings. The van der Waals surface area contributed by atoms with Crippen LogP contribution in [0.25, 0.3) is 0 Å². The third-order valence-corrected chi connectivity index (χ3v) is 3.37. The van der Waals surface area contributed by atoms with Crippen molar-refractivity contribution in [2.75, 3.05) is 29.9 Å². The van der Waals surface area contributed by atoms with Crippen LogP contribution in [0.5, 0.6) is 0 Å². The molecule has 0 bridgehead atoms. The third kappa shape index (κ3) is 1.42. The lowest BCUT2D eigenvalue weighted by atomic mass is 10.0. The zero-order valence-electron chi connectivity index (χ0n) is 9.81. The van der Waals surface area contributed by atoms with E-state index in [0.29, 0.717) is 17.9 Å². The molecule has 6 heteroatoms. The molecule has 0 saturated carbocycles. The lowest BCUT2D eigenvalue weighted by Crippen LogP contribution is -2.63. The van der Waals surface area contributed by atoms with Crippen molar-refractivity contribution in [1.29, 1.82) is 0 Å². The number of hydrogen-bond donors (Lipinski definition) is 1. The minimum atomic E-state index is -0.533. The van der Waals surface area contributed by atoms with Crippen LogP contribution in [0.2, 0.25) is 0 Å². The fraction of sp³-hybridized carbons (Fsp3) is 0.333. The van der Waals surface area contributed by atoms with Crippen LogP contribution in [0.3, 0.4) is 0 Å². The quantitative estimate of drug-likeness (QED) is 0.710. The van der Waals surface area contributed by atoms with Crippen molar-refractivity contribution in [2.24, 2.45) is 0 Å². The van der Waals surface area contributed by atoms with E-state index >= 15 is 0 Å². The molecule has 1 unspecified atom stereocenters. The Morgan fingerprint density at radius 3 is 2.89 bits per heavy atom. The maximum absolute atomic E-state index is 13.3. The van der Waals surface area contributed by atoms with Crippen molar-refractivity contribution in [3.05, 3.63) is 24.0 Å². The fourth-order valence-electron chi connectivity index (χ4n) is 2.48. The fourth-order valence-corrected chi connectivity index (χ4v) is 2.48. The van der Waals surface area contributed by atoms with Gasteiger partial charge in [0.05, 0.1) is 17.9 Å². The molecule has 94 valence electrons. The van der Waals surface area contributed by atoms with Gasteiger partial charge in [-0.2, -0.15) is 0 Å². The van der Waals surface area contributed by atoms with E-state index in [9.17, 15) is 14.0 Å². The minimum Gasteiger partial charge on any atom is -0.312 e. The lowest BCUT2D eigenvalue weighted by Gasteiger charge is -2.42. The van der Waals surface area contributed by atoms with Crippen LogP contribution in [-0.4, -0.2) is 38.0 Å². The highest BCUT2D eigenvalue weighted by Gasteiger charge is 2.41. The molecule has 1 N–H and O–H groups in total. The van der Waals surface area contributed by atoms with Gasteiger partial charge in [-0.05, 0) is 18.2 Å². The molecule has 2 heterocycles. The SMILES string of the molecule is CN1C(=O)C2CNCC(=O)N2c2ccc(F)cc21. The number of carbonyl (C=O) groups is 2. The van der Waals surface area contributed by atoms with Crippen LogP contribution in [-0.2, 0) is 9.59 Å². The van der Waals surface area contributed by atoms with E-state index in [1.54, 1.807) is 13.1 Å². The second-order valence-electron chi connectivity index (χ2n) is 4.44. The first-order chi connectivity index (χ1) is 8.59. The first-order valence-electron chi connectivity index (χ1n) is 5.69. The molecule has 0 radical (unpaired) electrons. The largest absolute Gasteiger partial charge is 0.312 e. The number of halogens is 1. The molecule has 0 aromatic heterocycles. The molecule has 1 saturated heterocycles. The summed E-state index contributed by atoms with van der Waals surface area (Å²) in [6, 6.07) is 3.59. The summed E-state index contributed by atoms with van der Waals surface area (Å²) in [5.41, 5.74) is 1.03. The van der Waals surface area contributed by atoms with Gasteiger partial charge in [0.25, 0.3) is 5.91 Å². The van der Waals surface area contributed by atoms with Gasteiger partial charge in [0.1, 0.15) is 11.9 Å². The summed E-state index contributed by atoms with van der Waals surface area (Å²) in [5.74, 6) is -0.788. The lowest BCUT2D eigenvalue weighted by molar-refractivity contribution is -0.126. The highest BCUT2D eigenvalue weighted by Crippen LogP contribution is 2.36. The van der Waals surface area contributed by atoms with Gasteiger partial charge in [-0.25, -0.2) is 4.39 Å². The molecule has 1 aromatic carbocycles. The number of nitrogens with one attached hydrogen (secondary N) is 1. The monoisotopic (exact) mass is 249 g/mol. The van der Waals surface area contributed by atoms with Crippen molar-refractivity contribution in [3.63, 3.8) is 0 Å². The van der Waals surface area contributed by atoms with Crippen LogP contribution in [0, 0.1) is 5.82 Å². The number of fused-ring (bicyclic) bond motifs is 3. The van der Waals surface area contributed by atoms with Crippen LogP contribution in [0.15, 0.2) is 18.2 Å². The van der Waals surface area contributed by atoms with Crippen molar-refractivity contribution in [3.8, 4) is 0 Å². The van der Waals surface area contributed by atoms with Gasteiger partial charge in [-0.15, -0.1) is 0 Å². The highest BCUT2D eigenvalue weighted by molar-refractivity contribution is 6.14. The Morgan fingerprint density at radius 2 is 2.11 bits per heavy atom. The van der Waals surface area contributed by atoms with E-state index < -0.39 is 11.9 Å². The molecule has 2 aliphatic rings. The number of hydrogen-bond acceptors (Lipinski definition) is 3. The first kappa shape index (κ1) is 11.2. The summed E-state index contributed by atoms with van der Waals surface area (Å²) in [5, 5.41) is 2.91. The second-order valence-corrected chi connectivity index (χ2v) is 4.44. The maximum atomic E-state index is 13.3. The number of amides is 2. The number of carbonyl (C=O) groups excluding carboxylic acids is 2. The molecule has 1 atom stereocenters. The smallest absolute Gasteiger partial charge is 0.251 e. The van der Waals surface area contributed by atoms with Gasteiger partial charge in [-0.3, -0.25) is 14.5 Å². The molecule has 3 rings (SSSR count). The second kappa shape index (κ2) is 3.78. The molecule has 2 amide bonds. The first-order valence-corrected chi connectivity index (χ1v) is 5.69. The third-order valence-electron chi connectivity index (χ3n) is 3.37. The van der Waals surface area contributed by atoms with Crippen molar-refractivity contribution < 1.29 is 14.0 Å². The Labute approximate surface area is 103 Å². The molecule has 0 aliphatic carbocycles. The zero-order chi connectivity index (χ0) is 12.9. The van der Waals surface area contributed by atoms with Gasteiger partial charge >= 0.3 is 0 Å². The van der Waals surface area contributed by atoms with Gasteiger partial charge in [0, 0.05) is 13.6 Å². The summed E-state index contributed by atoms with van der Waals surface area (Å²) in [4.78, 5) is 26.9. The minimum absolute atomic E-state index is 0.166. The van der Waals surface area contributed by atoms with Crippen molar-refractivity contribution in [1.82, 2.24) is 5.32 Å². The Kier molecular flexibility index (Phi) is 2.34. The van der Waals surface area contributed by atoms with Gasteiger partial charge in [-0.1, -0.05) is 0 Å². The van der Waals surface area contributed by atoms with Gasteiger partial charge in [0.15, 0.2) is 0 Å². The average molecular weight is 249 g/mol. The number of piperazine rings is 1. The molecule has 18 heavy (non-hydrogen) atoms. The van der Waals surface area contributed by atoms with Crippen molar-refractivity contribution >= 4 is 23.2 Å². The Hall–Kier alpha value is -1.95. The predicted octanol–water partition coefficient (Wildman–Crippen LogP) is 0.107. The normalized spacial score (nSPS) is 22.9. The summed E-state index contributed by atoms with van der Waals surface area (Å²) in [6.45, 7) is 0.621. The van der Waals surface area contributed by atoms with E-state index in [2.05, 4.69) is 5.32 Å². The summed E-state index contributed by atoms with van der Waals surface area (Å²) in [6.07, 6.45) is 0. The zero-order valence-corrected chi connectivity index (χ0v) is 9.81. The Balaban J connectivity index is 2.18. The van der Waals surface area contributed by atoms with E-state index in [4.69, 9.17) is 0 Å². The van der Waals surface area contributed by atoms with Crippen LogP contribution in [0.1, 0.15) is 0 Å². The highest BCUT2D eigenvalue weighted by atomic mass is 19.1. The standard InChI is InChI=1S/C12H12FN3O2/c1-15-9-4-7(13)2-3-8(9)16-10(12(15)18)5-14-6-11(16)17/h2-4,10,14H,5-6H2,1H3. The number of benzene rings is 1. The number of nitrogens with zero attached hydrogens (tertiary/aromatic N) is 2. The molecule has 0 spiro atoms. The molecular formula is C12H12FN3O2. The summed E-state index contributed by atoms with van der Waals surface area (Å²) >= 11 is 0. The van der Waals surface area contributed by atoms with Gasteiger partial charge in [0.2, 0.25) is 5.91 Å². The Morgan fingerprint density at radius 1 is 1.33 bits per heavy atom. The average Bonchev–Trinajstić information content (AvgIpc) is 2.36. The maximum Gasteiger partial charge on any atom is 0.251 e. The number of anilines is 2.